The lowest BCUT2D eigenvalue weighted by Crippen LogP contribution is -2.21. The van der Waals surface area contributed by atoms with Crippen molar-refractivity contribution < 1.29 is 9.59 Å². The average Bonchev–Trinajstić information content (AvgIpc) is 2.66. The minimum atomic E-state index is -0.132. The summed E-state index contributed by atoms with van der Waals surface area (Å²) in [4.78, 5) is 34.6. The summed E-state index contributed by atoms with van der Waals surface area (Å²) in [6.07, 6.45) is 0. The number of benzene rings is 2. The molecule has 0 saturated carbocycles. The van der Waals surface area contributed by atoms with Crippen LogP contribution >= 0.6 is 11.8 Å². The zero-order chi connectivity index (χ0) is 19.4. The topological polar surface area (TPSA) is 75.2 Å². The summed E-state index contributed by atoms with van der Waals surface area (Å²) in [5, 5.41) is 4.57. The second-order valence-corrected chi connectivity index (χ2v) is 7.17. The van der Waals surface area contributed by atoms with Gasteiger partial charge in [-0.2, -0.15) is 0 Å². The Morgan fingerprint density at radius 1 is 1.04 bits per heavy atom. The molecule has 1 N–H and O–H groups in total. The van der Waals surface area contributed by atoms with Crippen molar-refractivity contribution in [2.45, 2.75) is 11.9 Å². The Hall–Kier alpha value is -2.93. The fraction of sp³-hybridized carbons (Fsp3) is 0.200. The molecule has 3 rings (SSSR count). The van der Waals surface area contributed by atoms with Crippen molar-refractivity contribution in [3.05, 3.63) is 59.9 Å². The predicted molar refractivity (Wildman–Crippen MR) is 108 cm³/mol. The average molecular weight is 380 g/mol. The number of nitrogens with zero attached hydrogens (tertiary/aromatic N) is 3. The van der Waals surface area contributed by atoms with E-state index in [-0.39, 0.29) is 17.6 Å². The summed E-state index contributed by atoms with van der Waals surface area (Å²) in [7, 11) is 3.40. The predicted octanol–water partition coefficient (Wildman–Crippen LogP) is 3.37. The van der Waals surface area contributed by atoms with E-state index in [0.29, 0.717) is 17.1 Å². The Bertz CT molecular complexity index is 987. The van der Waals surface area contributed by atoms with Gasteiger partial charge < -0.3 is 10.2 Å². The van der Waals surface area contributed by atoms with Crippen LogP contribution in [0.5, 0.6) is 0 Å². The third kappa shape index (κ3) is 4.62. The molecule has 27 heavy (non-hydrogen) atoms. The lowest BCUT2D eigenvalue weighted by molar-refractivity contribution is -0.113. The van der Waals surface area contributed by atoms with Gasteiger partial charge in [0.2, 0.25) is 5.91 Å². The van der Waals surface area contributed by atoms with Crippen LogP contribution in [0, 0.1) is 6.92 Å². The maximum Gasteiger partial charge on any atom is 0.253 e. The molecule has 0 unspecified atom stereocenters. The van der Waals surface area contributed by atoms with E-state index in [1.54, 1.807) is 38.4 Å². The van der Waals surface area contributed by atoms with Crippen molar-refractivity contribution in [2.75, 3.05) is 25.2 Å². The number of para-hydroxylation sites is 1. The molecule has 0 aliphatic rings. The molecule has 0 saturated heterocycles. The van der Waals surface area contributed by atoms with Crippen LogP contribution in [-0.2, 0) is 4.79 Å². The zero-order valence-electron chi connectivity index (χ0n) is 15.4. The Labute approximate surface area is 162 Å². The van der Waals surface area contributed by atoms with Gasteiger partial charge in [0.05, 0.1) is 11.3 Å². The number of rotatable bonds is 5. The van der Waals surface area contributed by atoms with E-state index in [2.05, 4.69) is 15.3 Å². The highest BCUT2D eigenvalue weighted by Crippen LogP contribution is 2.25. The largest absolute Gasteiger partial charge is 0.345 e. The molecule has 0 fully saturated rings. The summed E-state index contributed by atoms with van der Waals surface area (Å²) in [5.41, 5.74) is 2.10. The molecule has 2 amide bonds. The number of nitrogens with one attached hydrogen (secondary N) is 1. The number of carbonyl (C=O) groups is 2. The zero-order valence-corrected chi connectivity index (χ0v) is 16.2. The lowest BCUT2D eigenvalue weighted by atomic mass is 10.2. The lowest BCUT2D eigenvalue weighted by Gasteiger charge is -2.11. The minimum Gasteiger partial charge on any atom is -0.345 e. The van der Waals surface area contributed by atoms with Crippen LogP contribution in [0.4, 0.5) is 5.69 Å². The first-order valence-electron chi connectivity index (χ1n) is 8.42. The summed E-state index contributed by atoms with van der Waals surface area (Å²) in [6.45, 7) is 1.84. The van der Waals surface area contributed by atoms with E-state index in [9.17, 15) is 9.59 Å². The quantitative estimate of drug-likeness (QED) is 0.543. The van der Waals surface area contributed by atoms with Crippen LogP contribution in [0.1, 0.15) is 16.2 Å². The van der Waals surface area contributed by atoms with Gasteiger partial charge in [-0.3, -0.25) is 9.59 Å². The van der Waals surface area contributed by atoms with Crippen molar-refractivity contribution in [2.24, 2.45) is 0 Å². The van der Waals surface area contributed by atoms with Crippen LogP contribution in [0.2, 0.25) is 0 Å². The standard InChI is InChI=1S/C20H20N4O2S/c1-13-21-17-7-5-4-6-16(17)19(22-13)27-12-18(25)23-15-10-8-14(9-11-15)20(26)24(2)3/h4-11H,12H2,1-3H3,(H,23,25). The number of anilines is 1. The number of carbonyl (C=O) groups excluding carboxylic acids is 2. The fourth-order valence-corrected chi connectivity index (χ4v) is 3.42. The Kier molecular flexibility index (Phi) is 5.71. The van der Waals surface area contributed by atoms with E-state index in [4.69, 9.17) is 0 Å². The highest BCUT2D eigenvalue weighted by Gasteiger charge is 2.11. The number of fused-ring (bicyclic) bond motifs is 1. The molecule has 0 radical (unpaired) electrons. The maximum absolute atomic E-state index is 12.3. The molecular formula is C20H20N4O2S. The van der Waals surface area contributed by atoms with Gasteiger partial charge in [0.1, 0.15) is 10.9 Å². The van der Waals surface area contributed by atoms with Crippen LogP contribution in [0.3, 0.4) is 0 Å². The first-order valence-corrected chi connectivity index (χ1v) is 9.40. The van der Waals surface area contributed by atoms with Crippen molar-refractivity contribution in [3.8, 4) is 0 Å². The number of aromatic nitrogens is 2. The van der Waals surface area contributed by atoms with Crippen LogP contribution in [0.15, 0.2) is 53.6 Å². The summed E-state index contributed by atoms with van der Waals surface area (Å²) >= 11 is 1.38. The summed E-state index contributed by atoms with van der Waals surface area (Å²) in [6, 6.07) is 14.6. The van der Waals surface area contributed by atoms with Gasteiger partial charge in [0, 0.05) is 30.7 Å². The molecule has 138 valence electrons. The van der Waals surface area contributed by atoms with E-state index >= 15 is 0 Å². The molecule has 0 aliphatic carbocycles. The number of thioether (sulfide) groups is 1. The third-order valence-electron chi connectivity index (χ3n) is 3.84. The molecule has 1 aromatic heterocycles. The molecule has 3 aromatic rings. The van der Waals surface area contributed by atoms with Gasteiger partial charge in [-0.25, -0.2) is 9.97 Å². The van der Waals surface area contributed by atoms with Gasteiger partial charge in [0.25, 0.3) is 5.91 Å². The first-order chi connectivity index (χ1) is 12.9. The number of amides is 2. The highest BCUT2D eigenvalue weighted by molar-refractivity contribution is 8.00. The monoisotopic (exact) mass is 380 g/mol. The maximum atomic E-state index is 12.3. The first kappa shape index (κ1) is 18.8. The van der Waals surface area contributed by atoms with Gasteiger partial charge >= 0.3 is 0 Å². The third-order valence-corrected chi connectivity index (χ3v) is 4.83. The van der Waals surface area contributed by atoms with Crippen molar-refractivity contribution in [3.63, 3.8) is 0 Å². The highest BCUT2D eigenvalue weighted by atomic mass is 32.2. The molecular weight excluding hydrogens is 360 g/mol. The van der Waals surface area contributed by atoms with E-state index in [1.165, 1.54) is 16.7 Å². The fourth-order valence-electron chi connectivity index (χ4n) is 2.55. The Morgan fingerprint density at radius 3 is 2.44 bits per heavy atom. The second-order valence-electron chi connectivity index (χ2n) is 6.21. The molecule has 7 heteroatoms. The molecule has 0 spiro atoms. The summed E-state index contributed by atoms with van der Waals surface area (Å²) < 4.78 is 0. The molecule has 0 atom stereocenters. The number of hydrogen-bond donors (Lipinski definition) is 1. The molecule has 6 nitrogen and oxygen atoms in total. The van der Waals surface area contributed by atoms with Crippen LogP contribution in [-0.4, -0.2) is 46.5 Å². The SMILES string of the molecule is Cc1nc(SCC(=O)Nc2ccc(C(=O)N(C)C)cc2)c2ccccc2n1. The Balaban J connectivity index is 1.64. The minimum absolute atomic E-state index is 0.0746. The van der Waals surface area contributed by atoms with Gasteiger partial charge in [0.15, 0.2) is 0 Å². The van der Waals surface area contributed by atoms with Crippen LogP contribution < -0.4 is 5.32 Å². The molecule has 2 aromatic carbocycles. The molecule has 0 bridgehead atoms. The molecule has 1 heterocycles. The van der Waals surface area contributed by atoms with Crippen LogP contribution in [0.25, 0.3) is 10.9 Å². The number of hydrogen-bond acceptors (Lipinski definition) is 5. The smallest absolute Gasteiger partial charge is 0.253 e. The number of aryl methyl sites for hydroxylation is 1. The van der Waals surface area contributed by atoms with Crippen molar-refractivity contribution >= 4 is 40.2 Å². The molecule has 0 aliphatic heterocycles. The van der Waals surface area contributed by atoms with Gasteiger partial charge in [-0.05, 0) is 37.3 Å². The van der Waals surface area contributed by atoms with E-state index in [0.717, 1.165) is 15.9 Å². The Morgan fingerprint density at radius 2 is 1.74 bits per heavy atom. The second kappa shape index (κ2) is 8.18. The van der Waals surface area contributed by atoms with Crippen molar-refractivity contribution in [1.82, 2.24) is 14.9 Å². The van der Waals surface area contributed by atoms with Gasteiger partial charge in [-0.15, -0.1) is 0 Å². The van der Waals surface area contributed by atoms with E-state index < -0.39 is 0 Å². The van der Waals surface area contributed by atoms with Gasteiger partial charge in [-0.1, -0.05) is 30.0 Å². The van der Waals surface area contributed by atoms with Crippen molar-refractivity contribution in [1.29, 1.82) is 0 Å². The summed E-state index contributed by atoms with van der Waals surface area (Å²) in [5.74, 6) is 0.706. The van der Waals surface area contributed by atoms with E-state index in [1.807, 2.05) is 31.2 Å². The normalized spacial score (nSPS) is 10.6.